The van der Waals surface area contributed by atoms with Crippen molar-refractivity contribution in [1.29, 1.82) is 0 Å². The van der Waals surface area contributed by atoms with Crippen molar-refractivity contribution in [3.8, 4) is 0 Å². The molecular formula is C15H19N5O3. The van der Waals surface area contributed by atoms with Crippen LogP contribution in [0.3, 0.4) is 0 Å². The minimum absolute atomic E-state index is 0.275. The molecule has 0 aliphatic heterocycles. The molecule has 0 spiro atoms. The van der Waals surface area contributed by atoms with Gasteiger partial charge in [0.15, 0.2) is 0 Å². The molecule has 0 bridgehead atoms. The lowest BCUT2D eigenvalue weighted by molar-refractivity contribution is -0.140. The number of amides is 1. The Morgan fingerprint density at radius 3 is 2.96 bits per heavy atom. The normalized spacial score (nSPS) is 15.3. The molecular weight excluding hydrogens is 298 g/mol. The van der Waals surface area contributed by atoms with E-state index in [0.29, 0.717) is 24.6 Å². The van der Waals surface area contributed by atoms with Crippen molar-refractivity contribution in [3.63, 3.8) is 0 Å². The Morgan fingerprint density at radius 1 is 1.48 bits per heavy atom. The largest absolute Gasteiger partial charge is 0.480 e. The van der Waals surface area contributed by atoms with Gasteiger partial charge in [-0.15, -0.1) is 0 Å². The van der Waals surface area contributed by atoms with E-state index in [1.54, 1.807) is 0 Å². The van der Waals surface area contributed by atoms with Crippen LogP contribution in [-0.2, 0) is 11.3 Å². The third-order valence-electron chi connectivity index (χ3n) is 3.90. The maximum absolute atomic E-state index is 12.0. The highest BCUT2D eigenvalue weighted by atomic mass is 16.4. The molecule has 2 N–H and O–H groups in total. The molecule has 2 aromatic rings. The minimum Gasteiger partial charge on any atom is -0.480 e. The molecule has 2 heterocycles. The van der Waals surface area contributed by atoms with E-state index >= 15 is 0 Å². The summed E-state index contributed by atoms with van der Waals surface area (Å²) in [6.45, 7) is 2.55. The molecule has 1 aliphatic rings. The molecule has 8 heteroatoms. The summed E-state index contributed by atoms with van der Waals surface area (Å²) < 4.78 is 3.08. The third-order valence-corrected chi connectivity index (χ3v) is 3.90. The zero-order valence-corrected chi connectivity index (χ0v) is 12.8. The molecule has 1 aliphatic carbocycles. The van der Waals surface area contributed by atoms with E-state index in [2.05, 4.69) is 15.5 Å². The standard InChI is InChI=1S/C15H19N5O3/c1-10(15(22)23)20-9-12(8-17-20)14(21)16-5-7-19-6-4-13(18-19)11-2-3-11/h4,6,8-11H,2-3,5,7H2,1H3,(H,16,21)(H,22,23). The lowest BCUT2D eigenvalue weighted by atomic mass is 10.3. The van der Waals surface area contributed by atoms with Crippen molar-refractivity contribution in [2.45, 2.75) is 38.3 Å². The Hall–Kier alpha value is -2.64. The predicted octanol–water partition coefficient (Wildman–Crippen LogP) is 1.03. The van der Waals surface area contributed by atoms with Gasteiger partial charge in [-0.25, -0.2) is 4.79 Å². The number of carboxylic acid groups (broad SMARTS) is 1. The van der Waals surface area contributed by atoms with Crippen LogP contribution in [0.2, 0.25) is 0 Å². The number of carboxylic acids is 1. The summed E-state index contributed by atoms with van der Waals surface area (Å²) in [7, 11) is 0. The van der Waals surface area contributed by atoms with E-state index in [1.807, 2.05) is 16.9 Å². The Balaban J connectivity index is 1.49. The summed E-state index contributed by atoms with van der Waals surface area (Å²) in [5, 5.41) is 20.1. The fourth-order valence-electron chi connectivity index (χ4n) is 2.27. The van der Waals surface area contributed by atoms with E-state index < -0.39 is 12.0 Å². The Labute approximate surface area is 133 Å². The molecule has 2 aromatic heterocycles. The van der Waals surface area contributed by atoms with E-state index in [4.69, 9.17) is 5.11 Å². The highest BCUT2D eigenvalue weighted by molar-refractivity contribution is 5.93. The molecule has 8 nitrogen and oxygen atoms in total. The van der Waals surface area contributed by atoms with Crippen LogP contribution < -0.4 is 5.32 Å². The molecule has 1 unspecified atom stereocenters. The monoisotopic (exact) mass is 317 g/mol. The van der Waals surface area contributed by atoms with Gasteiger partial charge in [0.1, 0.15) is 6.04 Å². The minimum atomic E-state index is -0.995. The van der Waals surface area contributed by atoms with Gasteiger partial charge in [0, 0.05) is 24.9 Å². The van der Waals surface area contributed by atoms with E-state index in [-0.39, 0.29) is 5.91 Å². The van der Waals surface area contributed by atoms with Crippen LogP contribution in [0.5, 0.6) is 0 Å². The number of nitrogens with one attached hydrogen (secondary N) is 1. The second kappa shape index (κ2) is 6.23. The van der Waals surface area contributed by atoms with Gasteiger partial charge in [0.2, 0.25) is 0 Å². The van der Waals surface area contributed by atoms with Gasteiger partial charge in [-0.1, -0.05) is 0 Å². The molecule has 1 amide bonds. The van der Waals surface area contributed by atoms with Gasteiger partial charge in [-0.05, 0) is 25.8 Å². The third kappa shape index (κ3) is 3.58. The number of rotatable bonds is 7. The second-order valence-corrected chi connectivity index (χ2v) is 5.76. The zero-order chi connectivity index (χ0) is 16.4. The van der Waals surface area contributed by atoms with Crippen LogP contribution in [0.1, 0.15) is 47.8 Å². The molecule has 0 aromatic carbocycles. The lowest BCUT2D eigenvalue weighted by Gasteiger charge is -2.05. The van der Waals surface area contributed by atoms with Crippen molar-refractivity contribution in [3.05, 3.63) is 35.9 Å². The topological polar surface area (TPSA) is 102 Å². The van der Waals surface area contributed by atoms with Crippen molar-refractivity contribution >= 4 is 11.9 Å². The summed E-state index contributed by atoms with van der Waals surface area (Å²) in [6.07, 6.45) is 7.16. The molecule has 1 saturated carbocycles. The van der Waals surface area contributed by atoms with Crippen molar-refractivity contribution < 1.29 is 14.7 Å². The molecule has 3 rings (SSSR count). The second-order valence-electron chi connectivity index (χ2n) is 5.76. The molecule has 0 saturated heterocycles. The number of carbonyl (C=O) groups is 2. The number of aromatic nitrogens is 4. The highest BCUT2D eigenvalue weighted by Crippen LogP contribution is 2.38. The first-order valence-electron chi connectivity index (χ1n) is 7.63. The SMILES string of the molecule is CC(C(=O)O)n1cc(C(=O)NCCn2ccc(C3CC3)n2)cn1. The van der Waals surface area contributed by atoms with E-state index in [0.717, 1.165) is 5.69 Å². The molecule has 1 fully saturated rings. The zero-order valence-electron chi connectivity index (χ0n) is 12.8. The Morgan fingerprint density at radius 2 is 2.26 bits per heavy atom. The Kier molecular flexibility index (Phi) is 4.14. The summed E-state index contributed by atoms with van der Waals surface area (Å²) in [5.74, 6) is -0.651. The van der Waals surface area contributed by atoms with Crippen LogP contribution in [0.4, 0.5) is 0 Å². The average Bonchev–Trinajstić information content (AvgIpc) is 3.08. The van der Waals surface area contributed by atoms with Gasteiger partial charge >= 0.3 is 5.97 Å². The van der Waals surface area contributed by atoms with Gasteiger partial charge < -0.3 is 10.4 Å². The molecule has 122 valence electrons. The van der Waals surface area contributed by atoms with E-state index in [1.165, 1.54) is 36.8 Å². The first kappa shape index (κ1) is 15.3. The highest BCUT2D eigenvalue weighted by Gasteiger charge is 2.25. The van der Waals surface area contributed by atoms with Gasteiger partial charge in [0.05, 0.1) is 24.0 Å². The summed E-state index contributed by atoms with van der Waals surface area (Å²) in [5.41, 5.74) is 1.47. The molecule has 1 atom stereocenters. The predicted molar refractivity (Wildman–Crippen MR) is 81.1 cm³/mol. The van der Waals surface area contributed by atoms with Crippen LogP contribution in [0.25, 0.3) is 0 Å². The van der Waals surface area contributed by atoms with E-state index in [9.17, 15) is 9.59 Å². The summed E-state index contributed by atoms with van der Waals surface area (Å²) >= 11 is 0. The average molecular weight is 317 g/mol. The fourth-order valence-corrected chi connectivity index (χ4v) is 2.27. The number of hydrogen-bond donors (Lipinski definition) is 2. The van der Waals surface area contributed by atoms with Crippen LogP contribution in [0, 0.1) is 0 Å². The quantitative estimate of drug-likeness (QED) is 0.794. The first-order valence-corrected chi connectivity index (χ1v) is 7.63. The fraction of sp³-hybridized carbons (Fsp3) is 0.467. The van der Waals surface area contributed by atoms with Gasteiger partial charge in [-0.2, -0.15) is 10.2 Å². The summed E-state index contributed by atoms with van der Waals surface area (Å²) in [6, 6.07) is 1.22. The van der Waals surface area contributed by atoms with Crippen molar-refractivity contribution in [2.75, 3.05) is 6.54 Å². The maximum atomic E-state index is 12.0. The van der Waals surface area contributed by atoms with Gasteiger partial charge in [-0.3, -0.25) is 14.2 Å². The molecule has 0 radical (unpaired) electrons. The van der Waals surface area contributed by atoms with Gasteiger partial charge in [0.25, 0.3) is 5.91 Å². The number of nitrogens with zero attached hydrogens (tertiary/aromatic N) is 4. The molecule has 23 heavy (non-hydrogen) atoms. The first-order chi connectivity index (χ1) is 11.0. The Bertz CT molecular complexity index is 716. The number of aliphatic carboxylic acids is 1. The van der Waals surface area contributed by atoms with Crippen molar-refractivity contribution in [1.82, 2.24) is 24.9 Å². The van der Waals surface area contributed by atoms with Crippen LogP contribution in [-0.4, -0.2) is 43.1 Å². The van der Waals surface area contributed by atoms with Crippen LogP contribution in [0.15, 0.2) is 24.7 Å². The number of hydrogen-bond acceptors (Lipinski definition) is 4. The van der Waals surface area contributed by atoms with Crippen molar-refractivity contribution in [2.24, 2.45) is 0 Å². The number of carbonyl (C=O) groups excluding carboxylic acids is 1. The lowest BCUT2D eigenvalue weighted by Crippen LogP contribution is -2.27. The summed E-state index contributed by atoms with van der Waals surface area (Å²) in [4.78, 5) is 22.9. The van der Waals surface area contributed by atoms with Crippen LogP contribution >= 0.6 is 0 Å². The maximum Gasteiger partial charge on any atom is 0.328 e. The smallest absolute Gasteiger partial charge is 0.328 e.